The van der Waals surface area contributed by atoms with Crippen molar-refractivity contribution in [3.8, 4) is 0 Å². The first kappa shape index (κ1) is 11.9. The molecule has 0 amide bonds. The number of benzene rings is 1. The van der Waals surface area contributed by atoms with E-state index in [2.05, 4.69) is 15.3 Å². The Morgan fingerprint density at radius 3 is 2.89 bits per heavy atom. The highest BCUT2D eigenvalue weighted by Crippen LogP contribution is 2.20. The number of para-hydroxylation sites is 1. The molecule has 1 aromatic carbocycles. The van der Waals surface area contributed by atoms with Crippen molar-refractivity contribution in [2.45, 2.75) is 25.8 Å². The van der Waals surface area contributed by atoms with Crippen molar-refractivity contribution in [3.05, 3.63) is 41.7 Å². The smallest absolute Gasteiger partial charge is 0.232 e. The van der Waals surface area contributed by atoms with Crippen LogP contribution in [0.3, 0.4) is 0 Å². The average Bonchev–Trinajstić information content (AvgIpc) is 3.06. The normalized spacial score (nSPS) is 12.9. The molecule has 2 N–H and O–H groups in total. The summed E-state index contributed by atoms with van der Waals surface area (Å²) in [4.78, 5) is 4.28. The minimum Gasteiger partial charge on any atom is -0.356 e. The summed E-state index contributed by atoms with van der Waals surface area (Å²) < 4.78 is 10.4. The van der Waals surface area contributed by atoms with Crippen LogP contribution < -0.4 is 5.73 Å². The molecule has 0 radical (unpaired) electrons. The third-order valence-corrected chi connectivity index (χ3v) is 3.03. The molecule has 19 heavy (non-hydrogen) atoms. The summed E-state index contributed by atoms with van der Waals surface area (Å²) >= 11 is 0. The number of aromatic nitrogens is 3. The number of rotatable bonds is 4. The summed E-state index contributed by atoms with van der Waals surface area (Å²) in [6.45, 7) is 1.98. The molecular weight excluding hydrogens is 244 g/mol. The van der Waals surface area contributed by atoms with Crippen LogP contribution in [0.15, 0.2) is 33.3 Å². The Morgan fingerprint density at radius 1 is 1.21 bits per heavy atom. The summed E-state index contributed by atoms with van der Waals surface area (Å²) in [6.07, 6.45) is 1.21. The number of fused-ring (bicyclic) bond motifs is 1. The van der Waals surface area contributed by atoms with Crippen molar-refractivity contribution >= 4 is 11.0 Å². The molecule has 3 aromatic rings. The van der Waals surface area contributed by atoms with Crippen LogP contribution in [-0.2, 0) is 6.42 Å². The molecule has 0 fully saturated rings. The maximum absolute atomic E-state index is 5.85. The van der Waals surface area contributed by atoms with Crippen molar-refractivity contribution in [1.82, 2.24) is 15.3 Å². The van der Waals surface area contributed by atoms with Gasteiger partial charge in [-0.3, -0.25) is 0 Å². The zero-order valence-corrected chi connectivity index (χ0v) is 10.5. The fourth-order valence-corrected chi connectivity index (χ4v) is 1.88. The molecule has 0 saturated heterocycles. The Hall–Kier alpha value is -2.21. The van der Waals surface area contributed by atoms with Crippen LogP contribution in [0.2, 0.25) is 0 Å². The minimum atomic E-state index is -0.188. The Labute approximate surface area is 109 Å². The van der Waals surface area contributed by atoms with Crippen molar-refractivity contribution in [2.75, 3.05) is 0 Å². The first-order valence-corrected chi connectivity index (χ1v) is 6.19. The average molecular weight is 258 g/mol. The van der Waals surface area contributed by atoms with E-state index in [1.807, 2.05) is 31.2 Å². The summed E-state index contributed by atoms with van der Waals surface area (Å²) in [5, 5.41) is 8.87. The lowest BCUT2D eigenvalue weighted by atomic mass is 10.2. The molecular formula is C13H14N4O2. The van der Waals surface area contributed by atoms with Crippen LogP contribution in [0, 0.1) is 0 Å². The summed E-state index contributed by atoms with van der Waals surface area (Å²) in [5.74, 6) is 1.03. The summed E-state index contributed by atoms with van der Waals surface area (Å²) in [6, 6.07) is 7.48. The monoisotopic (exact) mass is 258 g/mol. The molecule has 0 aliphatic rings. The van der Waals surface area contributed by atoms with Crippen molar-refractivity contribution in [2.24, 2.45) is 5.73 Å². The lowest BCUT2D eigenvalue weighted by Crippen LogP contribution is -2.10. The van der Waals surface area contributed by atoms with Gasteiger partial charge in [0.2, 0.25) is 5.89 Å². The zero-order valence-electron chi connectivity index (χ0n) is 10.5. The first-order chi connectivity index (χ1) is 9.28. The van der Waals surface area contributed by atoms with E-state index in [0.717, 1.165) is 23.1 Å². The van der Waals surface area contributed by atoms with Crippen LogP contribution >= 0.6 is 0 Å². The van der Waals surface area contributed by atoms with Gasteiger partial charge in [0.1, 0.15) is 5.69 Å². The highest BCUT2D eigenvalue weighted by atomic mass is 16.5. The van der Waals surface area contributed by atoms with E-state index in [-0.39, 0.29) is 6.04 Å². The third kappa shape index (κ3) is 2.22. The number of nitrogens with zero attached hydrogens (tertiary/aromatic N) is 3. The van der Waals surface area contributed by atoms with Gasteiger partial charge >= 0.3 is 0 Å². The number of hydrogen-bond acceptors (Lipinski definition) is 6. The lowest BCUT2D eigenvalue weighted by molar-refractivity contribution is 0.371. The summed E-state index contributed by atoms with van der Waals surface area (Å²) in [5.41, 5.74) is 7.39. The van der Waals surface area contributed by atoms with Crippen LogP contribution in [0.4, 0.5) is 0 Å². The van der Waals surface area contributed by atoms with E-state index in [0.29, 0.717) is 18.1 Å². The van der Waals surface area contributed by atoms with Crippen LogP contribution in [0.25, 0.3) is 11.0 Å². The molecule has 6 heteroatoms. The van der Waals surface area contributed by atoms with Gasteiger partial charge in [-0.15, -0.1) is 0 Å². The van der Waals surface area contributed by atoms with Gasteiger partial charge in [-0.05, 0) is 18.6 Å². The Bertz CT molecular complexity index is 689. The van der Waals surface area contributed by atoms with E-state index in [1.54, 1.807) is 0 Å². The molecule has 3 rings (SSSR count). The van der Waals surface area contributed by atoms with E-state index >= 15 is 0 Å². The molecule has 1 atom stereocenters. The van der Waals surface area contributed by atoms with Gasteiger partial charge in [0.15, 0.2) is 11.4 Å². The van der Waals surface area contributed by atoms with Crippen LogP contribution in [0.1, 0.15) is 36.8 Å². The van der Waals surface area contributed by atoms with Gasteiger partial charge < -0.3 is 14.8 Å². The van der Waals surface area contributed by atoms with Gasteiger partial charge in [-0.1, -0.05) is 29.4 Å². The van der Waals surface area contributed by atoms with Crippen molar-refractivity contribution in [1.29, 1.82) is 0 Å². The highest BCUT2D eigenvalue weighted by molar-refractivity contribution is 5.79. The summed E-state index contributed by atoms with van der Waals surface area (Å²) in [7, 11) is 0. The molecule has 2 aromatic heterocycles. The van der Waals surface area contributed by atoms with Crippen molar-refractivity contribution in [3.63, 3.8) is 0 Å². The quantitative estimate of drug-likeness (QED) is 0.771. The van der Waals surface area contributed by atoms with Crippen molar-refractivity contribution < 1.29 is 9.05 Å². The molecule has 0 aliphatic carbocycles. The van der Waals surface area contributed by atoms with Crippen LogP contribution in [-0.4, -0.2) is 15.3 Å². The molecule has 0 aliphatic heterocycles. The Balaban J connectivity index is 1.87. The maximum Gasteiger partial charge on any atom is 0.232 e. The van der Waals surface area contributed by atoms with E-state index in [4.69, 9.17) is 14.8 Å². The third-order valence-electron chi connectivity index (χ3n) is 3.03. The zero-order chi connectivity index (χ0) is 13.2. The second kappa shape index (κ2) is 4.81. The fraction of sp³-hybridized carbons (Fsp3) is 0.308. The Kier molecular flexibility index (Phi) is 3.00. The van der Waals surface area contributed by atoms with Gasteiger partial charge in [-0.2, -0.15) is 4.98 Å². The van der Waals surface area contributed by atoms with E-state index in [9.17, 15) is 0 Å². The second-order valence-electron chi connectivity index (χ2n) is 4.36. The SMILES string of the molecule is CCC(N)c1noc(Cc2noc3ccccc23)n1. The molecule has 6 nitrogen and oxygen atoms in total. The largest absolute Gasteiger partial charge is 0.356 e. The molecule has 0 bridgehead atoms. The van der Waals surface area contributed by atoms with Gasteiger partial charge in [-0.25, -0.2) is 0 Å². The molecule has 0 spiro atoms. The van der Waals surface area contributed by atoms with E-state index < -0.39 is 0 Å². The minimum absolute atomic E-state index is 0.188. The molecule has 98 valence electrons. The van der Waals surface area contributed by atoms with E-state index in [1.165, 1.54) is 0 Å². The maximum atomic E-state index is 5.85. The van der Waals surface area contributed by atoms with Crippen LogP contribution in [0.5, 0.6) is 0 Å². The lowest BCUT2D eigenvalue weighted by Gasteiger charge is -1.99. The first-order valence-electron chi connectivity index (χ1n) is 6.19. The highest BCUT2D eigenvalue weighted by Gasteiger charge is 2.15. The van der Waals surface area contributed by atoms with Gasteiger partial charge in [0.25, 0.3) is 0 Å². The second-order valence-corrected chi connectivity index (χ2v) is 4.36. The Morgan fingerprint density at radius 2 is 2.05 bits per heavy atom. The predicted molar refractivity (Wildman–Crippen MR) is 68.3 cm³/mol. The molecule has 1 unspecified atom stereocenters. The van der Waals surface area contributed by atoms with Gasteiger partial charge in [0.05, 0.1) is 12.5 Å². The number of nitrogens with two attached hydrogens (primary N) is 1. The topological polar surface area (TPSA) is 91.0 Å². The number of hydrogen-bond donors (Lipinski definition) is 1. The standard InChI is InChI=1S/C13H14N4O2/c1-2-9(14)13-15-12(19-17-13)7-10-8-5-3-4-6-11(8)18-16-10/h3-6,9H,2,7,14H2,1H3. The predicted octanol–water partition coefficient (Wildman–Crippen LogP) is 2.21. The molecule has 2 heterocycles. The van der Waals surface area contributed by atoms with Gasteiger partial charge in [0, 0.05) is 5.39 Å². The fourth-order valence-electron chi connectivity index (χ4n) is 1.88. The molecule has 0 saturated carbocycles.